The number of carbonyl (C=O) groups excluding carboxylic acids is 2. The third-order valence-corrected chi connectivity index (χ3v) is 4.07. The molecule has 2 aromatic rings. The van der Waals surface area contributed by atoms with Gasteiger partial charge in [-0.05, 0) is 36.6 Å². The summed E-state index contributed by atoms with van der Waals surface area (Å²) in [6.45, 7) is 0. The summed E-state index contributed by atoms with van der Waals surface area (Å²) in [5.41, 5.74) is 2.57. The summed E-state index contributed by atoms with van der Waals surface area (Å²) in [4.78, 5) is 28.0. The molecule has 3 rings (SSSR count). The summed E-state index contributed by atoms with van der Waals surface area (Å²) in [6.07, 6.45) is 2.96. The second-order valence-electron chi connectivity index (χ2n) is 5.50. The van der Waals surface area contributed by atoms with Gasteiger partial charge in [0.2, 0.25) is 11.8 Å². The van der Waals surface area contributed by atoms with Gasteiger partial charge in [0.05, 0.1) is 11.9 Å². The highest BCUT2D eigenvalue weighted by molar-refractivity contribution is 6.29. The number of halogens is 1. The molecule has 118 valence electrons. The first-order valence-electron chi connectivity index (χ1n) is 7.42. The summed E-state index contributed by atoms with van der Waals surface area (Å²) in [5, 5.41) is 6.02. The number of rotatable bonds is 4. The molecule has 0 unspecified atom stereocenters. The average Bonchev–Trinajstić information content (AvgIpc) is 2.55. The first-order chi connectivity index (χ1) is 11.1. The molecule has 0 radical (unpaired) electrons. The Hall–Kier alpha value is -2.40. The van der Waals surface area contributed by atoms with Gasteiger partial charge < -0.3 is 10.6 Å². The molecular weight excluding hydrogens is 314 g/mol. The van der Waals surface area contributed by atoms with Gasteiger partial charge in [-0.25, -0.2) is 4.98 Å². The number of hydrogen-bond acceptors (Lipinski definition) is 3. The summed E-state index contributed by atoms with van der Waals surface area (Å²) >= 11 is 5.70. The van der Waals surface area contributed by atoms with Gasteiger partial charge >= 0.3 is 0 Å². The van der Waals surface area contributed by atoms with Crippen molar-refractivity contribution in [2.24, 2.45) is 5.92 Å². The van der Waals surface area contributed by atoms with E-state index in [-0.39, 0.29) is 24.2 Å². The van der Waals surface area contributed by atoms with Gasteiger partial charge in [0.15, 0.2) is 0 Å². The number of aromatic nitrogens is 1. The van der Waals surface area contributed by atoms with Crippen molar-refractivity contribution < 1.29 is 9.59 Å². The van der Waals surface area contributed by atoms with Crippen LogP contribution in [0.5, 0.6) is 0 Å². The fourth-order valence-electron chi connectivity index (χ4n) is 2.62. The van der Waals surface area contributed by atoms with E-state index in [0.29, 0.717) is 23.7 Å². The summed E-state index contributed by atoms with van der Waals surface area (Å²) < 4.78 is 0. The van der Waals surface area contributed by atoms with Crippen LogP contribution in [0.3, 0.4) is 0 Å². The molecule has 1 aromatic carbocycles. The lowest BCUT2D eigenvalue weighted by atomic mass is 9.89. The molecule has 1 aliphatic heterocycles. The molecule has 1 aromatic heterocycles. The van der Waals surface area contributed by atoms with Gasteiger partial charge in [0.1, 0.15) is 5.15 Å². The lowest BCUT2D eigenvalue weighted by molar-refractivity contribution is -0.121. The molecule has 0 aliphatic carbocycles. The highest BCUT2D eigenvalue weighted by atomic mass is 35.5. The molecule has 2 amide bonds. The molecule has 1 atom stereocenters. The average molecular weight is 330 g/mol. The van der Waals surface area contributed by atoms with Crippen LogP contribution in [-0.2, 0) is 16.0 Å². The number of nitrogens with zero attached hydrogens (tertiary/aromatic N) is 1. The fraction of sp³-hybridized carbons (Fsp3) is 0.235. The number of carbonyl (C=O) groups is 2. The Morgan fingerprint density at radius 1 is 1.30 bits per heavy atom. The predicted molar refractivity (Wildman–Crippen MR) is 89.4 cm³/mol. The van der Waals surface area contributed by atoms with Gasteiger partial charge in [-0.3, -0.25) is 9.59 Å². The van der Waals surface area contributed by atoms with E-state index >= 15 is 0 Å². The van der Waals surface area contributed by atoms with Crippen molar-refractivity contribution in [3.05, 3.63) is 53.3 Å². The minimum atomic E-state index is -0.181. The second kappa shape index (κ2) is 6.79. The molecule has 1 aliphatic rings. The van der Waals surface area contributed by atoms with Crippen LogP contribution >= 0.6 is 11.6 Å². The van der Waals surface area contributed by atoms with Gasteiger partial charge in [0, 0.05) is 18.0 Å². The highest BCUT2D eigenvalue weighted by Crippen LogP contribution is 2.27. The number of benzene rings is 1. The number of fused-ring (bicyclic) bond motifs is 1. The number of hydrogen-bond donors (Lipinski definition) is 2. The lowest BCUT2D eigenvalue weighted by Gasteiger charge is -2.24. The van der Waals surface area contributed by atoms with E-state index in [1.165, 1.54) is 6.20 Å². The van der Waals surface area contributed by atoms with E-state index in [1.807, 2.05) is 24.3 Å². The van der Waals surface area contributed by atoms with Crippen molar-refractivity contribution in [2.75, 3.05) is 10.6 Å². The predicted octanol–water partition coefficient (Wildman–Crippen LogP) is 3.26. The Morgan fingerprint density at radius 3 is 2.91 bits per heavy atom. The minimum absolute atomic E-state index is 0.0235. The van der Waals surface area contributed by atoms with Crippen LogP contribution in [0.2, 0.25) is 5.15 Å². The van der Waals surface area contributed by atoms with Crippen LogP contribution in [0, 0.1) is 5.92 Å². The Morgan fingerprint density at radius 2 is 2.13 bits per heavy atom. The zero-order valence-electron chi connectivity index (χ0n) is 12.4. The molecule has 0 spiro atoms. The van der Waals surface area contributed by atoms with Crippen LogP contribution in [0.15, 0.2) is 42.6 Å². The van der Waals surface area contributed by atoms with Crippen molar-refractivity contribution in [3.8, 4) is 0 Å². The molecule has 0 saturated heterocycles. The number of nitrogens with one attached hydrogen (secondary N) is 2. The Bertz CT molecular complexity index is 731. The highest BCUT2D eigenvalue weighted by Gasteiger charge is 2.26. The van der Waals surface area contributed by atoms with E-state index < -0.39 is 0 Å². The molecule has 2 N–H and O–H groups in total. The van der Waals surface area contributed by atoms with Gasteiger partial charge in [-0.2, -0.15) is 0 Å². The van der Waals surface area contributed by atoms with Crippen molar-refractivity contribution in [1.29, 1.82) is 0 Å². The van der Waals surface area contributed by atoms with Crippen molar-refractivity contribution in [2.45, 2.75) is 19.3 Å². The van der Waals surface area contributed by atoms with Crippen LogP contribution in [0.4, 0.5) is 11.4 Å². The third-order valence-electron chi connectivity index (χ3n) is 3.84. The van der Waals surface area contributed by atoms with Crippen molar-refractivity contribution in [1.82, 2.24) is 4.98 Å². The zero-order valence-corrected chi connectivity index (χ0v) is 13.1. The molecular formula is C17H16ClN3O2. The zero-order chi connectivity index (χ0) is 16.2. The van der Waals surface area contributed by atoms with Crippen LogP contribution in [-0.4, -0.2) is 16.8 Å². The smallest absolute Gasteiger partial charge is 0.227 e. The van der Waals surface area contributed by atoms with E-state index in [0.717, 1.165) is 11.3 Å². The maximum absolute atomic E-state index is 12.1. The van der Waals surface area contributed by atoms with Crippen LogP contribution in [0.1, 0.15) is 18.4 Å². The van der Waals surface area contributed by atoms with Gasteiger partial charge in [0.25, 0.3) is 0 Å². The van der Waals surface area contributed by atoms with E-state index in [2.05, 4.69) is 15.6 Å². The van der Waals surface area contributed by atoms with E-state index in [1.54, 1.807) is 12.1 Å². The normalized spacial score (nSPS) is 16.4. The lowest BCUT2D eigenvalue weighted by Crippen LogP contribution is -2.30. The molecule has 0 saturated carbocycles. The molecule has 0 bridgehead atoms. The maximum atomic E-state index is 12.1. The molecule has 0 fully saturated rings. The number of pyridine rings is 1. The second-order valence-corrected chi connectivity index (χ2v) is 5.89. The Kier molecular flexibility index (Phi) is 4.57. The van der Waals surface area contributed by atoms with Crippen LogP contribution < -0.4 is 10.6 Å². The number of para-hydroxylation sites is 1. The first-order valence-corrected chi connectivity index (χ1v) is 7.80. The summed E-state index contributed by atoms with van der Waals surface area (Å²) in [5.74, 6) is -0.343. The number of amides is 2. The molecule has 5 nitrogen and oxygen atoms in total. The molecule has 2 heterocycles. The standard InChI is InChI=1S/C17H16ClN3O2/c18-15-7-6-13(10-19-15)20-16(22)8-5-12-9-11-3-1-2-4-14(11)21-17(12)23/h1-4,6-7,10,12H,5,8-9H2,(H,20,22)(H,21,23)/t12-/m1/s1. The monoisotopic (exact) mass is 329 g/mol. The third kappa shape index (κ3) is 3.87. The van der Waals surface area contributed by atoms with E-state index in [4.69, 9.17) is 11.6 Å². The Labute approximate surface area is 139 Å². The molecule has 6 heteroatoms. The van der Waals surface area contributed by atoms with Gasteiger partial charge in [-0.15, -0.1) is 0 Å². The summed E-state index contributed by atoms with van der Waals surface area (Å²) in [6, 6.07) is 11.0. The maximum Gasteiger partial charge on any atom is 0.227 e. The number of anilines is 2. The van der Waals surface area contributed by atoms with Crippen molar-refractivity contribution >= 4 is 34.8 Å². The SMILES string of the molecule is O=C(CC[C@@H]1Cc2ccccc2NC1=O)Nc1ccc(Cl)nc1. The Balaban J connectivity index is 1.55. The first kappa shape index (κ1) is 15.5. The van der Waals surface area contributed by atoms with Crippen LogP contribution in [0.25, 0.3) is 0 Å². The fourth-order valence-corrected chi connectivity index (χ4v) is 2.74. The topological polar surface area (TPSA) is 71.1 Å². The summed E-state index contributed by atoms with van der Waals surface area (Å²) in [7, 11) is 0. The largest absolute Gasteiger partial charge is 0.326 e. The molecule has 23 heavy (non-hydrogen) atoms. The van der Waals surface area contributed by atoms with Crippen molar-refractivity contribution in [3.63, 3.8) is 0 Å². The van der Waals surface area contributed by atoms with Gasteiger partial charge in [-0.1, -0.05) is 29.8 Å². The van der Waals surface area contributed by atoms with E-state index in [9.17, 15) is 9.59 Å². The minimum Gasteiger partial charge on any atom is -0.326 e. The quantitative estimate of drug-likeness (QED) is 0.846.